The molecule has 2 unspecified atom stereocenters. The molecule has 0 aromatic carbocycles. The zero-order chi connectivity index (χ0) is 15.8. The number of nitrogens with zero attached hydrogens (tertiary/aromatic N) is 1. The van der Waals surface area contributed by atoms with Crippen LogP contribution in [0.2, 0.25) is 0 Å². The van der Waals surface area contributed by atoms with Gasteiger partial charge in [-0.1, -0.05) is 6.92 Å². The Balaban J connectivity index is 2.36. The Kier molecular flexibility index (Phi) is 7.19. The molecule has 1 heterocycles. The van der Waals surface area contributed by atoms with E-state index < -0.39 is 11.9 Å². The molecule has 6 heteroatoms. The third kappa shape index (κ3) is 5.73. The average Bonchev–Trinajstić information content (AvgIpc) is 2.45. The number of aliphatic carboxylic acids is 1. The number of carboxylic acid groups (broad SMARTS) is 1. The van der Waals surface area contributed by atoms with E-state index in [1.54, 1.807) is 4.90 Å². The zero-order valence-corrected chi connectivity index (χ0v) is 12.9. The molecule has 1 aliphatic heterocycles. The van der Waals surface area contributed by atoms with E-state index in [9.17, 15) is 14.4 Å². The minimum Gasteiger partial charge on any atom is -0.481 e. The molecule has 0 aromatic rings. The predicted molar refractivity (Wildman–Crippen MR) is 78.7 cm³/mol. The molecular formula is C15H26N2O4. The van der Waals surface area contributed by atoms with Crippen molar-refractivity contribution in [1.29, 1.82) is 0 Å². The molecule has 1 rings (SSSR count). The van der Waals surface area contributed by atoms with Crippen molar-refractivity contribution in [2.75, 3.05) is 13.1 Å². The lowest BCUT2D eigenvalue weighted by Crippen LogP contribution is -2.47. The fourth-order valence-corrected chi connectivity index (χ4v) is 2.55. The third-order valence-corrected chi connectivity index (χ3v) is 3.92. The molecule has 0 spiro atoms. The van der Waals surface area contributed by atoms with Crippen molar-refractivity contribution in [3.05, 3.63) is 0 Å². The van der Waals surface area contributed by atoms with Crippen LogP contribution in [0.4, 0.5) is 0 Å². The lowest BCUT2D eigenvalue weighted by molar-refractivity contribution is -0.147. The van der Waals surface area contributed by atoms with Crippen molar-refractivity contribution in [2.24, 2.45) is 5.92 Å². The molecule has 0 aromatic heterocycles. The van der Waals surface area contributed by atoms with Crippen LogP contribution in [0, 0.1) is 5.92 Å². The number of rotatable bonds is 7. The quantitative estimate of drug-likeness (QED) is 0.743. The third-order valence-electron chi connectivity index (χ3n) is 3.92. The van der Waals surface area contributed by atoms with Gasteiger partial charge in [-0.3, -0.25) is 14.4 Å². The Morgan fingerprint density at radius 3 is 2.57 bits per heavy atom. The van der Waals surface area contributed by atoms with Gasteiger partial charge in [-0.25, -0.2) is 0 Å². The first-order valence-electron chi connectivity index (χ1n) is 7.74. The SMILES string of the molecule is CCCNC(=O)CCCC(=O)N1CC(C(=O)O)CCC1C. The first-order valence-corrected chi connectivity index (χ1v) is 7.74. The molecule has 1 saturated heterocycles. The molecule has 120 valence electrons. The number of nitrogens with one attached hydrogen (secondary N) is 1. The van der Waals surface area contributed by atoms with Gasteiger partial charge in [0.25, 0.3) is 0 Å². The number of piperidine rings is 1. The van der Waals surface area contributed by atoms with Gasteiger partial charge in [0.2, 0.25) is 11.8 Å². The lowest BCUT2D eigenvalue weighted by atomic mass is 9.93. The highest BCUT2D eigenvalue weighted by molar-refractivity contribution is 5.80. The Morgan fingerprint density at radius 2 is 1.95 bits per heavy atom. The van der Waals surface area contributed by atoms with E-state index in [-0.39, 0.29) is 24.4 Å². The summed E-state index contributed by atoms with van der Waals surface area (Å²) in [5, 5.41) is 11.8. The number of hydrogen-bond acceptors (Lipinski definition) is 3. The fraction of sp³-hybridized carbons (Fsp3) is 0.800. The minimum atomic E-state index is -0.835. The second-order valence-corrected chi connectivity index (χ2v) is 5.71. The van der Waals surface area contributed by atoms with Gasteiger partial charge >= 0.3 is 5.97 Å². The Labute approximate surface area is 125 Å². The van der Waals surface area contributed by atoms with Crippen LogP contribution in [0.3, 0.4) is 0 Å². The maximum atomic E-state index is 12.2. The van der Waals surface area contributed by atoms with Crippen LogP contribution in [-0.2, 0) is 14.4 Å². The molecule has 0 saturated carbocycles. The number of carbonyl (C=O) groups excluding carboxylic acids is 2. The summed E-state index contributed by atoms with van der Waals surface area (Å²) in [6.45, 7) is 4.89. The van der Waals surface area contributed by atoms with E-state index in [0.29, 0.717) is 32.2 Å². The maximum Gasteiger partial charge on any atom is 0.308 e. The van der Waals surface area contributed by atoms with Crippen molar-refractivity contribution < 1.29 is 19.5 Å². The Hall–Kier alpha value is -1.59. The number of carbonyl (C=O) groups is 3. The normalized spacial score (nSPS) is 21.9. The largest absolute Gasteiger partial charge is 0.481 e. The van der Waals surface area contributed by atoms with Crippen LogP contribution in [0.25, 0.3) is 0 Å². The first kappa shape index (κ1) is 17.5. The maximum absolute atomic E-state index is 12.2. The molecular weight excluding hydrogens is 272 g/mol. The van der Waals surface area contributed by atoms with Crippen molar-refractivity contribution in [1.82, 2.24) is 10.2 Å². The van der Waals surface area contributed by atoms with Gasteiger partial charge in [-0.15, -0.1) is 0 Å². The topological polar surface area (TPSA) is 86.7 Å². The fourth-order valence-electron chi connectivity index (χ4n) is 2.55. The van der Waals surface area contributed by atoms with Gasteiger partial charge in [0.1, 0.15) is 0 Å². The van der Waals surface area contributed by atoms with Gasteiger partial charge in [0.05, 0.1) is 5.92 Å². The summed E-state index contributed by atoms with van der Waals surface area (Å²) in [6.07, 6.45) is 3.40. The van der Waals surface area contributed by atoms with Gasteiger partial charge in [0.15, 0.2) is 0 Å². The smallest absolute Gasteiger partial charge is 0.308 e. The molecule has 2 N–H and O–H groups in total. The number of hydrogen-bond donors (Lipinski definition) is 2. The summed E-state index contributed by atoms with van der Waals surface area (Å²) < 4.78 is 0. The molecule has 1 fully saturated rings. The second kappa shape index (κ2) is 8.64. The zero-order valence-electron chi connectivity index (χ0n) is 12.9. The van der Waals surface area contributed by atoms with Gasteiger partial charge in [-0.05, 0) is 32.6 Å². The van der Waals surface area contributed by atoms with Crippen LogP contribution < -0.4 is 5.32 Å². The van der Waals surface area contributed by atoms with Crippen LogP contribution >= 0.6 is 0 Å². The molecule has 2 amide bonds. The first-order chi connectivity index (χ1) is 9.95. The summed E-state index contributed by atoms with van der Waals surface area (Å²) >= 11 is 0. The summed E-state index contributed by atoms with van der Waals surface area (Å²) in [7, 11) is 0. The van der Waals surface area contributed by atoms with E-state index in [4.69, 9.17) is 5.11 Å². The monoisotopic (exact) mass is 298 g/mol. The van der Waals surface area contributed by atoms with E-state index in [0.717, 1.165) is 12.8 Å². The second-order valence-electron chi connectivity index (χ2n) is 5.71. The molecule has 2 atom stereocenters. The number of likely N-dealkylation sites (tertiary alicyclic amines) is 1. The lowest BCUT2D eigenvalue weighted by Gasteiger charge is -2.36. The Bertz CT molecular complexity index is 384. The van der Waals surface area contributed by atoms with E-state index in [1.807, 2.05) is 13.8 Å². The highest BCUT2D eigenvalue weighted by Crippen LogP contribution is 2.23. The summed E-state index contributed by atoms with van der Waals surface area (Å²) in [4.78, 5) is 36.3. The highest BCUT2D eigenvalue weighted by Gasteiger charge is 2.32. The standard InChI is InChI=1S/C15H26N2O4/c1-3-9-16-13(18)5-4-6-14(19)17-10-12(15(20)21)8-7-11(17)2/h11-12H,3-10H2,1-2H3,(H,16,18)(H,20,21). The van der Waals surface area contributed by atoms with Crippen LogP contribution in [0.1, 0.15) is 52.4 Å². The average molecular weight is 298 g/mol. The number of carboxylic acids is 1. The summed E-state index contributed by atoms with van der Waals surface area (Å²) in [5.74, 6) is -1.37. The molecule has 0 aliphatic carbocycles. The molecule has 0 radical (unpaired) electrons. The van der Waals surface area contributed by atoms with E-state index >= 15 is 0 Å². The molecule has 1 aliphatic rings. The highest BCUT2D eigenvalue weighted by atomic mass is 16.4. The van der Waals surface area contributed by atoms with Crippen LogP contribution in [0.15, 0.2) is 0 Å². The van der Waals surface area contributed by atoms with E-state index in [2.05, 4.69) is 5.32 Å². The molecule has 0 bridgehead atoms. The van der Waals surface area contributed by atoms with Crippen molar-refractivity contribution >= 4 is 17.8 Å². The van der Waals surface area contributed by atoms with Crippen LogP contribution in [-0.4, -0.2) is 46.9 Å². The van der Waals surface area contributed by atoms with Crippen LogP contribution in [0.5, 0.6) is 0 Å². The summed E-state index contributed by atoms with van der Waals surface area (Å²) in [5.41, 5.74) is 0. The van der Waals surface area contributed by atoms with Crippen molar-refractivity contribution in [2.45, 2.75) is 58.4 Å². The predicted octanol–water partition coefficient (Wildman–Crippen LogP) is 1.39. The number of amides is 2. The van der Waals surface area contributed by atoms with Crippen molar-refractivity contribution in [3.8, 4) is 0 Å². The van der Waals surface area contributed by atoms with Gasteiger partial charge < -0.3 is 15.3 Å². The molecule has 21 heavy (non-hydrogen) atoms. The minimum absolute atomic E-state index is 0.0280. The van der Waals surface area contributed by atoms with Gasteiger partial charge in [-0.2, -0.15) is 0 Å². The van der Waals surface area contributed by atoms with Gasteiger partial charge in [0, 0.05) is 32.0 Å². The summed E-state index contributed by atoms with van der Waals surface area (Å²) in [6, 6.07) is 0.0852. The van der Waals surface area contributed by atoms with Crippen molar-refractivity contribution in [3.63, 3.8) is 0 Å². The Morgan fingerprint density at radius 1 is 1.24 bits per heavy atom. The molecule has 6 nitrogen and oxygen atoms in total. The van der Waals surface area contributed by atoms with E-state index in [1.165, 1.54) is 0 Å².